The van der Waals surface area contributed by atoms with Crippen molar-refractivity contribution in [2.24, 2.45) is 0 Å². The summed E-state index contributed by atoms with van der Waals surface area (Å²) in [4.78, 5) is 27.2. The fraction of sp³-hybridized carbons (Fsp3) is 0.250. The number of nitro benzene ring substituents is 1. The molecule has 8 heteroatoms. The molecule has 126 valence electrons. The van der Waals surface area contributed by atoms with E-state index in [1.807, 2.05) is 6.07 Å². The molecule has 1 aromatic heterocycles. The molecule has 0 radical (unpaired) electrons. The van der Waals surface area contributed by atoms with Crippen molar-refractivity contribution in [3.63, 3.8) is 0 Å². The summed E-state index contributed by atoms with van der Waals surface area (Å²) in [6.07, 6.45) is 1.65. The van der Waals surface area contributed by atoms with Gasteiger partial charge in [0.05, 0.1) is 17.3 Å². The van der Waals surface area contributed by atoms with Crippen molar-refractivity contribution in [2.45, 2.75) is 23.6 Å². The average Bonchev–Trinajstić information content (AvgIpc) is 2.60. The van der Waals surface area contributed by atoms with Gasteiger partial charge in [-0.3, -0.25) is 14.9 Å². The van der Waals surface area contributed by atoms with Crippen LogP contribution in [0.2, 0.25) is 0 Å². The molecule has 2 rings (SSSR count). The number of non-ortho nitro benzene ring substituents is 1. The second-order valence-electron chi connectivity index (χ2n) is 4.94. The number of carbonyl (C=O) groups is 1. The first-order chi connectivity index (χ1) is 11.5. The van der Waals surface area contributed by atoms with Crippen molar-refractivity contribution in [1.29, 1.82) is 0 Å². The monoisotopic (exact) mass is 347 g/mol. The van der Waals surface area contributed by atoms with E-state index in [1.165, 1.54) is 23.9 Å². The molecule has 0 bridgehead atoms. The topological polar surface area (TPSA) is 94.4 Å². The molecular formula is C16H17N3O4S. The number of amides is 1. The first-order valence-electron chi connectivity index (χ1n) is 7.17. The van der Waals surface area contributed by atoms with Gasteiger partial charge in [0.1, 0.15) is 0 Å². The molecule has 0 aliphatic heterocycles. The number of hydrogen-bond acceptors (Lipinski definition) is 6. The molecule has 1 aromatic carbocycles. The van der Waals surface area contributed by atoms with Crippen molar-refractivity contribution in [1.82, 2.24) is 10.3 Å². The molecule has 1 N–H and O–H groups in total. The number of carbonyl (C=O) groups excluding carboxylic acids is 1. The molecule has 24 heavy (non-hydrogen) atoms. The minimum Gasteiger partial charge on any atom is -0.481 e. The Kier molecular flexibility index (Phi) is 6.14. The number of nitro groups is 1. The molecule has 0 fully saturated rings. The Morgan fingerprint density at radius 3 is 2.58 bits per heavy atom. The third kappa shape index (κ3) is 4.95. The highest BCUT2D eigenvalue weighted by Crippen LogP contribution is 2.25. The van der Waals surface area contributed by atoms with Crippen molar-refractivity contribution >= 4 is 23.4 Å². The zero-order valence-electron chi connectivity index (χ0n) is 13.3. The summed E-state index contributed by atoms with van der Waals surface area (Å²) in [5, 5.41) is 13.1. The highest BCUT2D eigenvalue weighted by molar-refractivity contribution is 8.00. The van der Waals surface area contributed by atoms with E-state index in [4.69, 9.17) is 4.74 Å². The standard InChI is InChI=1S/C16H17N3O4S/c1-11(24-14-6-4-13(5-7-14)19(21)22)16(20)18-10-12-3-8-15(23-2)17-9-12/h3-9,11H,10H2,1-2H3,(H,18,20). The lowest BCUT2D eigenvalue weighted by Crippen LogP contribution is -2.30. The second-order valence-corrected chi connectivity index (χ2v) is 6.35. The molecule has 0 saturated heterocycles. The lowest BCUT2D eigenvalue weighted by Gasteiger charge is -2.12. The summed E-state index contributed by atoms with van der Waals surface area (Å²) in [6, 6.07) is 9.70. The van der Waals surface area contributed by atoms with E-state index < -0.39 is 4.92 Å². The van der Waals surface area contributed by atoms with Crippen molar-refractivity contribution in [3.8, 4) is 5.88 Å². The lowest BCUT2D eigenvalue weighted by molar-refractivity contribution is -0.384. The number of nitrogens with zero attached hydrogens (tertiary/aromatic N) is 2. The van der Waals surface area contributed by atoms with E-state index in [1.54, 1.807) is 38.4 Å². The van der Waals surface area contributed by atoms with Crippen LogP contribution in [0.1, 0.15) is 12.5 Å². The molecule has 0 aliphatic rings. The van der Waals surface area contributed by atoms with Gasteiger partial charge >= 0.3 is 0 Å². The number of benzene rings is 1. The van der Waals surface area contributed by atoms with E-state index in [9.17, 15) is 14.9 Å². The van der Waals surface area contributed by atoms with Crippen LogP contribution < -0.4 is 10.1 Å². The van der Waals surface area contributed by atoms with Crippen LogP contribution in [0.3, 0.4) is 0 Å². The molecule has 0 spiro atoms. The summed E-state index contributed by atoms with van der Waals surface area (Å²) < 4.78 is 4.98. The molecule has 1 amide bonds. The first kappa shape index (κ1) is 17.7. The minimum absolute atomic E-state index is 0.0310. The molecule has 7 nitrogen and oxygen atoms in total. The van der Waals surface area contributed by atoms with E-state index in [2.05, 4.69) is 10.3 Å². The predicted octanol–water partition coefficient (Wildman–Crippen LogP) is 2.80. The highest BCUT2D eigenvalue weighted by Gasteiger charge is 2.15. The Morgan fingerprint density at radius 1 is 1.33 bits per heavy atom. The van der Waals surface area contributed by atoms with Crippen LogP contribution in [0.5, 0.6) is 5.88 Å². The summed E-state index contributed by atoms with van der Waals surface area (Å²) in [7, 11) is 1.54. The third-order valence-corrected chi connectivity index (χ3v) is 4.32. The zero-order chi connectivity index (χ0) is 17.5. The average molecular weight is 347 g/mol. The normalized spacial score (nSPS) is 11.6. The predicted molar refractivity (Wildman–Crippen MR) is 91.1 cm³/mol. The van der Waals surface area contributed by atoms with Gasteiger partial charge in [0.25, 0.3) is 5.69 Å². The third-order valence-electron chi connectivity index (χ3n) is 3.20. The van der Waals surface area contributed by atoms with Gasteiger partial charge in [0.15, 0.2) is 0 Å². The number of hydrogen-bond donors (Lipinski definition) is 1. The Morgan fingerprint density at radius 2 is 2.04 bits per heavy atom. The van der Waals surface area contributed by atoms with Gasteiger partial charge in [-0.05, 0) is 24.6 Å². The summed E-state index contributed by atoms with van der Waals surface area (Å²) in [5.74, 6) is 0.404. The van der Waals surface area contributed by atoms with Crippen LogP contribution in [0.25, 0.3) is 0 Å². The van der Waals surface area contributed by atoms with Crippen LogP contribution in [0, 0.1) is 10.1 Å². The van der Waals surface area contributed by atoms with Gasteiger partial charge in [0.2, 0.25) is 11.8 Å². The van der Waals surface area contributed by atoms with E-state index in [0.717, 1.165) is 10.5 Å². The number of aromatic nitrogens is 1. The van der Waals surface area contributed by atoms with Gasteiger partial charge in [-0.15, -0.1) is 11.8 Å². The van der Waals surface area contributed by atoms with Crippen molar-refractivity contribution in [2.75, 3.05) is 7.11 Å². The van der Waals surface area contributed by atoms with E-state index in [-0.39, 0.29) is 16.8 Å². The Bertz CT molecular complexity index is 704. The van der Waals surface area contributed by atoms with Gasteiger partial charge in [-0.1, -0.05) is 6.07 Å². The molecule has 0 aliphatic carbocycles. The van der Waals surface area contributed by atoms with Gasteiger partial charge in [0, 0.05) is 35.8 Å². The number of ether oxygens (including phenoxy) is 1. The van der Waals surface area contributed by atoms with Crippen LogP contribution >= 0.6 is 11.8 Å². The zero-order valence-corrected chi connectivity index (χ0v) is 14.1. The molecule has 1 unspecified atom stereocenters. The molecule has 1 heterocycles. The number of thioether (sulfide) groups is 1. The maximum absolute atomic E-state index is 12.1. The van der Waals surface area contributed by atoms with E-state index >= 15 is 0 Å². The quantitative estimate of drug-likeness (QED) is 0.470. The summed E-state index contributed by atoms with van der Waals surface area (Å²) >= 11 is 1.34. The highest BCUT2D eigenvalue weighted by atomic mass is 32.2. The Balaban J connectivity index is 1.85. The molecule has 0 saturated carbocycles. The van der Waals surface area contributed by atoms with Crippen molar-refractivity contribution in [3.05, 3.63) is 58.3 Å². The van der Waals surface area contributed by atoms with Gasteiger partial charge < -0.3 is 10.1 Å². The van der Waals surface area contributed by atoms with Gasteiger partial charge in [-0.25, -0.2) is 4.98 Å². The number of rotatable bonds is 7. The van der Waals surface area contributed by atoms with Crippen molar-refractivity contribution < 1.29 is 14.5 Å². The second kappa shape index (κ2) is 8.30. The van der Waals surface area contributed by atoms with Crippen LogP contribution in [0.4, 0.5) is 5.69 Å². The molecule has 2 aromatic rings. The fourth-order valence-electron chi connectivity index (χ4n) is 1.87. The summed E-state index contributed by atoms with van der Waals surface area (Å²) in [5.41, 5.74) is 0.903. The number of methoxy groups -OCH3 is 1. The fourth-order valence-corrected chi connectivity index (χ4v) is 2.77. The number of pyridine rings is 1. The largest absolute Gasteiger partial charge is 0.481 e. The van der Waals surface area contributed by atoms with Crippen LogP contribution in [-0.4, -0.2) is 28.2 Å². The lowest BCUT2D eigenvalue weighted by atomic mass is 10.3. The van der Waals surface area contributed by atoms with Crippen LogP contribution in [-0.2, 0) is 11.3 Å². The maximum Gasteiger partial charge on any atom is 0.269 e. The minimum atomic E-state index is -0.451. The summed E-state index contributed by atoms with van der Waals surface area (Å²) in [6.45, 7) is 2.16. The number of nitrogens with one attached hydrogen (secondary N) is 1. The maximum atomic E-state index is 12.1. The van der Waals surface area contributed by atoms with Gasteiger partial charge in [-0.2, -0.15) is 0 Å². The SMILES string of the molecule is COc1ccc(CNC(=O)C(C)Sc2ccc([N+](=O)[O-])cc2)cn1. The molecule has 1 atom stereocenters. The smallest absolute Gasteiger partial charge is 0.269 e. The first-order valence-corrected chi connectivity index (χ1v) is 8.05. The Labute approximate surface area is 143 Å². The van der Waals surface area contributed by atoms with E-state index in [0.29, 0.717) is 12.4 Å². The Hall–Kier alpha value is -2.61. The molecular weight excluding hydrogens is 330 g/mol. The van der Waals surface area contributed by atoms with Crippen LogP contribution in [0.15, 0.2) is 47.5 Å².